The molecule has 1 saturated heterocycles. The van der Waals surface area contributed by atoms with Crippen molar-refractivity contribution in [1.82, 2.24) is 4.90 Å². The van der Waals surface area contributed by atoms with Gasteiger partial charge in [0.1, 0.15) is 0 Å². The van der Waals surface area contributed by atoms with Crippen LogP contribution in [0.5, 0.6) is 0 Å². The van der Waals surface area contributed by atoms with Crippen molar-refractivity contribution in [2.24, 2.45) is 11.3 Å². The van der Waals surface area contributed by atoms with E-state index in [4.69, 9.17) is 0 Å². The summed E-state index contributed by atoms with van der Waals surface area (Å²) in [5.74, 6) is 0.599. The van der Waals surface area contributed by atoms with Gasteiger partial charge in [-0.25, -0.2) is 0 Å². The minimum atomic E-state index is 0.406. The standard InChI is InChI=1S/C12H23NO/c1-10(2)13-6-5-12(9-13)4-3-11(7-12)8-14/h10-11,14H,3-9H2,1-2H3. The fourth-order valence-corrected chi connectivity index (χ4v) is 3.26. The Bertz CT molecular complexity index is 204. The van der Waals surface area contributed by atoms with Gasteiger partial charge in [-0.15, -0.1) is 0 Å². The van der Waals surface area contributed by atoms with E-state index in [-0.39, 0.29) is 0 Å². The van der Waals surface area contributed by atoms with Gasteiger partial charge in [0.15, 0.2) is 0 Å². The molecule has 82 valence electrons. The topological polar surface area (TPSA) is 23.5 Å². The number of likely N-dealkylation sites (tertiary alicyclic amines) is 1. The Morgan fingerprint density at radius 1 is 1.43 bits per heavy atom. The molecule has 1 saturated carbocycles. The molecule has 2 aliphatic rings. The summed E-state index contributed by atoms with van der Waals surface area (Å²) in [6.45, 7) is 7.54. The lowest BCUT2D eigenvalue weighted by molar-refractivity contribution is 0.195. The number of nitrogens with zero attached hydrogens (tertiary/aromatic N) is 1. The van der Waals surface area contributed by atoms with Crippen LogP contribution < -0.4 is 0 Å². The fourth-order valence-electron chi connectivity index (χ4n) is 3.26. The molecule has 14 heavy (non-hydrogen) atoms. The second kappa shape index (κ2) is 3.82. The molecule has 0 aromatic heterocycles. The Kier molecular flexibility index (Phi) is 2.85. The molecule has 1 aliphatic heterocycles. The highest BCUT2D eigenvalue weighted by Gasteiger charge is 2.43. The Morgan fingerprint density at radius 2 is 2.21 bits per heavy atom. The maximum atomic E-state index is 9.17. The van der Waals surface area contributed by atoms with Crippen LogP contribution in [0.25, 0.3) is 0 Å². The second-order valence-electron chi connectivity index (χ2n) is 5.61. The predicted molar refractivity (Wildman–Crippen MR) is 58.2 cm³/mol. The average Bonchev–Trinajstić information content (AvgIpc) is 2.74. The Balaban J connectivity index is 1.94. The highest BCUT2D eigenvalue weighted by molar-refractivity contribution is 4.96. The van der Waals surface area contributed by atoms with E-state index in [1.165, 1.54) is 38.8 Å². The van der Waals surface area contributed by atoms with Crippen LogP contribution >= 0.6 is 0 Å². The molecule has 2 nitrogen and oxygen atoms in total. The number of hydrogen-bond donors (Lipinski definition) is 1. The first-order valence-corrected chi connectivity index (χ1v) is 6.00. The summed E-state index contributed by atoms with van der Waals surface area (Å²) < 4.78 is 0. The summed E-state index contributed by atoms with van der Waals surface area (Å²) in [7, 11) is 0. The smallest absolute Gasteiger partial charge is 0.0459 e. The molecule has 2 heteroatoms. The zero-order valence-electron chi connectivity index (χ0n) is 9.50. The summed E-state index contributed by atoms with van der Waals surface area (Å²) in [5.41, 5.74) is 0.581. The molecule has 1 spiro atoms. The number of aliphatic hydroxyl groups is 1. The van der Waals surface area contributed by atoms with Crippen molar-refractivity contribution < 1.29 is 5.11 Å². The van der Waals surface area contributed by atoms with Crippen LogP contribution in [-0.2, 0) is 0 Å². The predicted octanol–water partition coefficient (Wildman–Crippen LogP) is 1.88. The lowest BCUT2D eigenvalue weighted by Gasteiger charge is -2.26. The van der Waals surface area contributed by atoms with E-state index in [1.54, 1.807) is 0 Å². The molecule has 2 rings (SSSR count). The molecule has 0 aromatic rings. The third-order valence-corrected chi connectivity index (χ3v) is 4.26. The second-order valence-corrected chi connectivity index (χ2v) is 5.61. The first-order chi connectivity index (χ1) is 6.65. The van der Waals surface area contributed by atoms with Gasteiger partial charge in [-0.2, -0.15) is 0 Å². The van der Waals surface area contributed by atoms with Crippen LogP contribution in [0.1, 0.15) is 39.5 Å². The summed E-state index contributed by atoms with van der Waals surface area (Å²) in [6.07, 6.45) is 5.23. The van der Waals surface area contributed by atoms with Crippen molar-refractivity contribution in [3.05, 3.63) is 0 Å². The molecule has 0 radical (unpaired) electrons. The van der Waals surface area contributed by atoms with Crippen molar-refractivity contribution in [2.45, 2.75) is 45.6 Å². The van der Waals surface area contributed by atoms with Gasteiger partial charge in [-0.05, 0) is 57.4 Å². The number of rotatable bonds is 2. The highest BCUT2D eigenvalue weighted by atomic mass is 16.3. The molecule has 1 aliphatic carbocycles. The largest absolute Gasteiger partial charge is 0.396 e. The van der Waals surface area contributed by atoms with Crippen molar-refractivity contribution in [3.63, 3.8) is 0 Å². The molecule has 1 N–H and O–H groups in total. The zero-order valence-corrected chi connectivity index (χ0v) is 9.50. The molecule has 0 amide bonds. The van der Waals surface area contributed by atoms with Crippen LogP contribution in [0, 0.1) is 11.3 Å². The molecule has 2 unspecified atom stereocenters. The number of hydrogen-bond acceptors (Lipinski definition) is 2. The van der Waals surface area contributed by atoms with Gasteiger partial charge in [0, 0.05) is 19.2 Å². The van der Waals surface area contributed by atoms with Crippen molar-refractivity contribution in [2.75, 3.05) is 19.7 Å². The van der Waals surface area contributed by atoms with Crippen LogP contribution in [0.4, 0.5) is 0 Å². The van der Waals surface area contributed by atoms with E-state index in [9.17, 15) is 5.11 Å². The van der Waals surface area contributed by atoms with Crippen LogP contribution in [0.15, 0.2) is 0 Å². The Morgan fingerprint density at radius 3 is 2.71 bits per heavy atom. The maximum Gasteiger partial charge on any atom is 0.0459 e. The molecule has 1 heterocycles. The fraction of sp³-hybridized carbons (Fsp3) is 1.00. The third kappa shape index (κ3) is 1.82. The van der Waals surface area contributed by atoms with E-state index in [0.29, 0.717) is 24.0 Å². The molecule has 0 aromatic carbocycles. The third-order valence-electron chi connectivity index (χ3n) is 4.26. The summed E-state index contributed by atoms with van der Waals surface area (Å²) in [4.78, 5) is 2.60. The van der Waals surface area contributed by atoms with E-state index < -0.39 is 0 Å². The van der Waals surface area contributed by atoms with Gasteiger partial charge in [-0.1, -0.05) is 0 Å². The van der Waals surface area contributed by atoms with Crippen LogP contribution in [-0.4, -0.2) is 35.7 Å². The molecular weight excluding hydrogens is 174 g/mol. The van der Waals surface area contributed by atoms with E-state index in [2.05, 4.69) is 18.7 Å². The average molecular weight is 197 g/mol. The van der Waals surface area contributed by atoms with Gasteiger partial charge in [0.2, 0.25) is 0 Å². The maximum absolute atomic E-state index is 9.17. The molecular formula is C12H23NO. The van der Waals surface area contributed by atoms with Crippen LogP contribution in [0.3, 0.4) is 0 Å². The molecule has 0 bridgehead atoms. The number of aliphatic hydroxyl groups excluding tert-OH is 1. The quantitative estimate of drug-likeness (QED) is 0.730. The zero-order chi connectivity index (χ0) is 10.2. The normalized spacial score (nSPS) is 39.0. The van der Waals surface area contributed by atoms with Gasteiger partial charge < -0.3 is 10.0 Å². The van der Waals surface area contributed by atoms with Gasteiger partial charge >= 0.3 is 0 Å². The first-order valence-electron chi connectivity index (χ1n) is 6.00. The molecule has 2 fully saturated rings. The highest BCUT2D eigenvalue weighted by Crippen LogP contribution is 2.48. The summed E-state index contributed by atoms with van der Waals surface area (Å²) >= 11 is 0. The van der Waals surface area contributed by atoms with E-state index >= 15 is 0 Å². The van der Waals surface area contributed by atoms with Gasteiger partial charge in [0.05, 0.1) is 0 Å². The lowest BCUT2D eigenvalue weighted by Crippen LogP contribution is -2.31. The van der Waals surface area contributed by atoms with E-state index in [0.717, 1.165) is 0 Å². The minimum Gasteiger partial charge on any atom is -0.396 e. The minimum absolute atomic E-state index is 0.406. The summed E-state index contributed by atoms with van der Waals surface area (Å²) in [5, 5.41) is 9.17. The first kappa shape index (κ1) is 10.4. The van der Waals surface area contributed by atoms with Crippen molar-refractivity contribution in [3.8, 4) is 0 Å². The van der Waals surface area contributed by atoms with Crippen LogP contribution in [0.2, 0.25) is 0 Å². The SMILES string of the molecule is CC(C)N1CCC2(CCC(CO)C2)C1. The Hall–Kier alpha value is -0.0800. The van der Waals surface area contributed by atoms with Crippen molar-refractivity contribution >= 4 is 0 Å². The monoisotopic (exact) mass is 197 g/mol. The van der Waals surface area contributed by atoms with E-state index in [1.807, 2.05) is 0 Å². The summed E-state index contributed by atoms with van der Waals surface area (Å²) in [6, 6.07) is 0.697. The van der Waals surface area contributed by atoms with Gasteiger partial charge in [0.25, 0.3) is 0 Å². The molecule has 2 atom stereocenters. The lowest BCUT2D eigenvalue weighted by atomic mass is 9.84. The van der Waals surface area contributed by atoms with Gasteiger partial charge in [-0.3, -0.25) is 0 Å². The van der Waals surface area contributed by atoms with Crippen molar-refractivity contribution in [1.29, 1.82) is 0 Å². The Labute approximate surface area is 87.3 Å².